The molecule has 0 aromatic heterocycles. The Balaban J connectivity index is 1.59. The molecule has 0 fully saturated rings. The summed E-state index contributed by atoms with van der Waals surface area (Å²) < 4.78 is 13.0. The highest BCUT2D eigenvalue weighted by Gasteiger charge is 2.27. The van der Waals surface area contributed by atoms with Gasteiger partial charge in [-0.25, -0.2) is 9.79 Å². The molecule has 0 N–H and O–H groups in total. The Bertz CT molecular complexity index is 1360. The Morgan fingerprint density at radius 3 is 2.53 bits per heavy atom. The lowest BCUT2D eigenvalue weighted by Gasteiger charge is -2.12. The Morgan fingerprint density at radius 2 is 1.85 bits per heavy atom. The van der Waals surface area contributed by atoms with E-state index in [1.165, 1.54) is 12.1 Å². The van der Waals surface area contributed by atoms with Crippen LogP contribution < -0.4 is 4.74 Å². The first-order chi connectivity index (χ1) is 16.2. The maximum Gasteiger partial charge on any atom is 0.363 e. The summed E-state index contributed by atoms with van der Waals surface area (Å²) >= 11 is 10.4. The summed E-state index contributed by atoms with van der Waals surface area (Å²) in [6.07, 6.45) is 1.62. The monoisotopic (exact) mass is 700 g/mol. The molecule has 0 saturated heterocycles. The minimum Gasteiger partial charge on any atom is -0.487 e. The molecule has 0 spiro atoms. The zero-order valence-electron chi connectivity index (χ0n) is 17.6. The topological polar surface area (TPSA) is 91.0 Å². The molecule has 0 saturated carbocycles. The number of nitro groups is 1. The van der Waals surface area contributed by atoms with E-state index in [1.807, 2.05) is 36.4 Å². The van der Waals surface area contributed by atoms with Crippen LogP contribution in [0.5, 0.6) is 5.75 Å². The zero-order chi connectivity index (χ0) is 24.4. The molecule has 3 aromatic rings. The van der Waals surface area contributed by atoms with Crippen LogP contribution in [-0.4, -0.2) is 16.8 Å². The summed E-state index contributed by atoms with van der Waals surface area (Å²) in [4.78, 5) is 27.5. The SMILES string of the molecule is Cc1c(C2=N/C(=C\c3cc(I)c(OCc4cccc(Cl)c4)c(I)c3)C(=O)O2)cccc1[N+](=O)[O-]. The maximum absolute atomic E-state index is 12.4. The number of ether oxygens (including phenoxy) is 2. The van der Waals surface area contributed by atoms with E-state index in [4.69, 9.17) is 21.1 Å². The van der Waals surface area contributed by atoms with Crippen LogP contribution in [0.4, 0.5) is 5.69 Å². The third-order valence-electron chi connectivity index (χ3n) is 4.95. The number of rotatable bonds is 6. The van der Waals surface area contributed by atoms with E-state index >= 15 is 0 Å². The third kappa shape index (κ3) is 5.41. The number of hydrogen-bond acceptors (Lipinski definition) is 6. The van der Waals surface area contributed by atoms with Crippen LogP contribution in [0.1, 0.15) is 22.3 Å². The number of carbonyl (C=O) groups is 1. The first-order valence-corrected chi connectivity index (χ1v) is 12.4. The van der Waals surface area contributed by atoms with Crippen LogP contribution in [0.2, 0.25) is 5.02 Å². The summed E-state index contributed by atoms with van der Waals surface area (Å²) in [5.74, 6) is 0.157. The Labute approximate surface area is 227 Å². The quantitative estimate of drug-likeness (QED) is 0.0941. The van der Waals surface area contributed by atoms with Gasteiger partial charge in [0.05, 0.1) is 12.1 Å². The minimum absolute atomic E-state index is 0.0447. The molecule has 172 valence electrons. The van der Waals surface area contributed by atoms with Crippen molar-refractivity contribution in [1.82, 2.24) is 0 Å². The van der Waals surface area contributed by atoms with Crippen molar-refractivity contribution in [2.45, 2.75) is 13.5 Å². The average Bonchev–Trinajstić information content (AvgIpc) is 3.13. The zero-order valence-corrected chi connectivity index (χ0v) is 22.6. The molecule has 0 radical (unpaired) electrons. The van der Waals surface area contributed by atoms with Crippen LogP contribution in [0.25, 0.3) is 6.08 Å². The molecular weight excluding hydrogens is 686 g/mol. The van der Waals surface area contributed by atoms with Crippen LogP contribution >= 0.6 is 56.8 Å². The van der Waals surface area contributed by atoms with Gasteiger partial charge in [0.2, 0.25) is 5.90 Å². The van der Waals surface area contributed by atoms with Gasteiger partial charge in [-0.15, -0.1) is 0 Å². The van der Waals surface area contributed by atoms with Crippen molar-refractivity contribution in [2.75, 3.05) is 0 Å². The Kier molecular flexibility index (Phi) is 7.53. The molecule has 10 heteroatoms. The van der Waals surface area contributed by atoms with Crippen LogP contribution in [0.15, 0.2) is 65.3 Å². The molecule has 34 heavy (non-hydrogen) atoms. The van der Waals surface area contributed by atoms with E-state index in [1.54, 1.807) is 19.1 Å². The summed E-state index contributed by atoms with van der Waals surface area (Å²) in [5, 5.41) is 11.9. The van der Waals surface area contributed by atoms with Gasteiger partial charge in [-0.1, -0.05) is 29.8 Å². The molecule has 0 bridgehead atoms. The highest BCUT2D eigenvalue weighted by atomic mass is 127. The smallest absolute Gasteiger partial charge is 0.363 e. The van der Waals surface area contributed by atoms with Crippen LogP contribution in [0.3, 0.4) is 0 Å². The van der Waals surface area contributed by atoms with Gasteiger partial charge in [-0.2, -0.15) is 0 Å². The largest absolute Gasteiger partial charge is 0.487 e. The maximum atomic E-state index is 12.4. The molecule has 1 heterocycles. The van der Waals surface area contributed by atoms with Gasteiger partial charge in [0.15, 0.2) is 5.70 Å². The second kappa shape index (κ2) is 10.4. The lowest BCUT2D eigenvalue weighted by molar-refractivity contribution is -0.385. The molecule has 1 aliphatic heterocycles. The minimum atomic E-state index is -0.618. The fourth-order valence-corrected chi connectivity index (χ4v) is 5.66. The standard InChI is InChI=1S/C24H15ClI2N2O5/c1-13-17(6-3-7-21(13)29(31)32)23-28-20(24(30)34-23)11-15-9-18(26)22(19(27)10-15)33-12-14-4-2-5-16(25)8-14/h2-11H,12H2,1H3/b20-11-. The van der Waals surface area contributed by atoms with Gasteiger partial charge in [-0.3, -0.25) is 10.1 Å². The van der Waals surface area contributed by atoms with Crippen molar-refractivity contribution >= 4 is 80.4 Å². The number of cyclic esters (lactones) is 1. The predicted octanol–water partition coefficient (Wildman–Crippen LogP) is 6.69. The number of esters is 1. The molecule has 7 nitrogen and oxygen atoms in total. The van der Waals surface area contributed by atoms with Crippen molar-refractivity contribution in [3.8, 4) is 5.75 Å². The molecule has 0 unspecified atom stereocenters. The van der Waals surface area contributed by atoms with E-state index in [0.717, 1.165) is 24.0 Å². The third-order valence-corrected chi connectivity index (χ3v) is 6.79. The normalized spacial score (nSPS) is 14.2. The number of benzene rings is 3. The van der Waals surface area contributed by atoms with Gasteiger partial charge < -0.3 is 9.47 Å². The summed E-state index contributed by atoms with van der Waals surface area (Å²) in [5.41, 5.74) is 2.53. The summed E-state index contributed by atoms with van der Waals surface area (Å²) in [6.45, 7) is 1.97. The van der Waals surface area contributed by atoms with Gasteiger partial charge in [-0.05, 0) is 99.6 Å². The van der Waals surface area contributed by atoms with E-state index in [2.05, 4.69) is 50.2 Å². The molecule has 4 rings (SSSR count). The molecule has 3 aromatic carbocycles. The number of nitrogens with zero attached hydrogens (tertiary/aromatic N) is 2. The van der Waals surface area contributed by atoms with Crippen LogP contribution in [0, 0.1) is 24.2 Å². The van der Waals surface area contributed by atoms with Crippen molar-refractivity contribution in [3.63, 3.8) is 0 Å². The van der Waals surface area contributed by atoms with Gasteiger partial charge in [0, 0.05) is 22.2 Å². The second-order valence-electron chi connectivity index (χ2n) is 7.28. The van der Waals surface area contributed by atoms with Gasteiger partial charge in [0.25, 0.3) is 5.69 Å². The highest BCUT2D eigenvalue weighted by Crippen LogP contribution is 2.32. The Morgan fingerprint density at radius 1 is 1.15 bits per heavy atom. The average molecular weight is 701 g/mol. The lowest BCUT2D eigenvalue weighted by Crippen LogP contribution is -2.08. The molecule has 0 atom stereocenters. The number of carbonyl (C=O) groups excluding carboxylic acids is 1. The molecule has 1 aliphatic rings. The molecular formula is C24H15ClI2N2O5. The fraction of sp³-hybridized carbons (Fsp3) is 0.0833. The number of nitro benzene ring substituents is 1. The highest BCUT2D eigenvalue weighted by molar-refractivity contribution is 14.1. The first-order valence-electron chi connectivity index (χ1n) is 9.86. The predicted molar refractivity (Wildman–Crippen MR) is 146 cm³/mol. The number of aliphatic imine (C=N–C) groups is 1. The van der Waals surface area contributed by atoms with Crippen molar-refractivity contribution in [2.24, 2.45) is 4.99 Å². The van der Waals surface area contributed by atoms with Gasteiger partial charge in [0.1, 0.15) is 12.4 Å². The second-order valence-corrected chi connectivity index (χ2v) is 10.0. The van der Waals surface area contributed by atoms with Crippen molar-refractivity contribution < 1.29 is 19.2 Å². The lowest BCUT2D eigenvalue weighted by atomic mass is 10.1. The fourth-order valence-electron chi connectivity index (χ4n) is 3.32. The summed E-state index contributed by atoms with van der Waals surface area (Å²) in [7, 11) is 0. The van der Waals surface area contributed by atoms with E-state index in [0.29, 0.717) is 22.8 Å². The Hall–Kier alpha value is -2.51. The molecule has 0 amide bonds. The van der Waals surface area contributed by atoms with E-state index in [9.17, 15) is 14.9 Å². The summed E-state index contributed by atoms with van der Waals surface area (Å²) in [6, 6.07) is 15.8. The molecule has 0 aliphatic carbocycles. The number of halogens is 3. The van der Waals surface area contributed by atoms with Gasteiger partial charge >= 0.3 is 5.97 Å². The van der Waals surface area contributed by atoms with Crippen LogP contribution in [-0.2, 0) is 16.1 Å². The van der Waals surface area contributed by atoms with E-state index < -0.39 is 10.9 Å². The van der Waals surface area contributed by atoms with Crippen molar-refractivity contribution in [3.05, 3.63) is 105 Å². The number of hydrogen-bond donors (Lipinski definition) is 0. The first kappa shape index (κ1) is 24.6. The van der Waals surface area contributed by atoms with E-state index in [-0.39, 0.29) is 17.3 Å². The van der Waals surface area contributed by atoms with Crippen molar-refractivity contribution in [1.29, 1.82) is 0 Å².